The molecule has 0 N–H and O–H groups in total. The van der Waals surface area contributed by atoms with Crippen molar-refractivity contribution in [1.82, 2.24) is 0 Å². The normalized spacial score (nSPS) is 9.76. The summed E-state index contributed by atoms with van der Waals surface area (Å²) in [5, 5.41) is 9.05. The summed E-state index contributed by atoms with van der Waals surface area (Å²) in [6.45, 7) is 4.12. The Morgan fingerprint density at radius 1 is 1.41 bits per heavy atom. The molecule has 1 aromatic rings. The van der Waals surface area contributed by atoms with Crippen molar-refractivity contribution in [3.8, 4) is 6.07 Å². The van der Waals surface area contributed by atoms with Gasteiger partial charge in [0.1, 0.15) is 0 Å². The van der Waals surface area contributed by atoms with Crippen LogP contribution in [0, 0.1) is 11.3 Å². The molecule has 0 spiro atoms. The van der Waals surface area contributed by atoms with Gasteiger partial charge in [-0.15, -0.1) is 0 Å². The molecule has 0 heterocycles. The molecule has 4 heteroatoms. The number of carbonyl (C=O) groups is 1. The van der Waals surface area contributed by atoms with Crippen LogP contribution in [0.5, 0.6) is 0 Å². The van der Waals surface area contributed by atoms with Gasteiger partial charge in [0.15, 0.2) is 0 Å². The summed E-state index contributed by atoms with van der Waals surface area (Å²) in [4.78, 5) is 11.5. The number of rotatable bonds is 4. The lowest BCUT2D eigenvalue weighted by Gasteiger charge is -2.11. The predicted molar refractivity (Wildman–Crippen MR) is 68.6 cm³/mol. The van der Waals surface area contributed by atoms with E-state index in [1.165, 1.54) is 0 Å². The van der Waals surface area contributed by atoms with E-state index >= 15 is 0 Å². The zero-order valence-corrected chi connectivity index (χ0v) is 11.5. The summed E-state index contributed by atoms with van der Waals surface area (Å²) in [6.07, 6.45) is 0.921. The fourth-order valence-corrected chi connectivity index (χ4v) is 2.36. The van der Waals surface area contributed by atoms with Crippen molar-refractivity contribution in [3.05, 3.63) is 33.3 Å². The van der Waals surface area contributed by atoms with Crippen LogP contribution in [0.4, 0.5) is 0 Å². The van der Waals surface area contributed by atoms with Crippen LogP contribution in [0.3, 0.4) is 0 Å². The minimum absolute atomic E-state index is 0.152. The molecule has 0 fully saturated rings. The van der Waals surface area contributed by atoms with Gasteiger partial charge in [0.05, 0.1) is 24.7 Å². The van der Waals surface area contributed by atoms with Crippen LogP contribution in [-0.4, -0.2) is 12.6 Å². The lowest BCUT2D eigenvalue weighted by Crippen LogP contribution is -2.11. The summed E-state index contributed by atoms with van der Waals surface area (Å²) in [5.41, 5.74) is 2.30. The third-order valence-corrected chi connectivity index (χ3v) is 3.22. The zero-order valence-electron chi connectivity index (χ0n) is 9.92. The van der Waals surface area contributed by atoms with Gasteiger partial charge in [0.25, 0.3) is 0 Å². The molecule has 0 aliphatic heterocycles. The number of hydrogen-bond acceptors (Lipinski definition) is 3. The summed E-state index contributed by atoms with van der Waals surface area (Å²) < 4.78 is 5.85. The van der Waals surface area contributed by atoms with Crippen LogP contribution in [-0.2, 0) is 22.4 Å². The highest BCUT2D eigenvalue weighted by atomic mass is 79.9. The Morgan fingerprint density at radius 2 is 2.12 bits per heavy atom. The molecule has 3 nitrogen and oxygen atoms in total. The monoisotopic (exact) mass is 295 g/mol. The van der Waals surface area contributed by atoms with Crippen molar-refractivity contribution in [2.24, 2.45) is 0 Å². The second kappa shape index (κ2) is 6.41. The standard InChI is InChI=1S/C13H14BrNO2/c1-3-10-11(7-13(16)17-4-2)9(8-15)5-6-12(10)14/h5-6H,3-4,7H2,1-2H3. The van der Waals surface area contributed by atoms with E-state index in [2.05, 4.69) is 22.0 Å². The molecule has 17 heavy (non-hydrogen) atoms. The van der Waals surface area contributed by atoms with E-state index in [0.29, 0.717) is 12.2 Å². The lowest BCUT2D eigenvalue weighted by molar-refractivity contribution is -0.142. The predicted octanol–water partition coefficient (Wildman–Crippen LogP) is 2.99. The highest BCUT2D eigenvalue weighted by Gasteiger charge is 2.14. The van der Waals surface area contributed by atoms with Crippen LogP contribution in [0.2, 0.25) is 0 Å². The molecule has 1 aromatic carbocycles. The number of esters is 1. The molecule has 90 valence electrons. The van der Waals surface area contributed by atoms with E-state index in [1.807, 2.05) is 13.0 Å². The zero-order chi connectivity index (χ0) is 12.8. The van der Waals surface area contributed by atoms with Gasteiger partial charge in [0.2, 0.25) is 0 Å². The smallest absolute Gasteiger partial charge is 0.310 e. The SMILES string of the molecule is CCOC(=O)Cc1c(C#N)ccc(Br)c1CC. The van der Waals surface area contributed by atoms with Gasteiger partial charge < -0.3 is 4.74 Å². The molecule has 0 saturated heterocycles. The Bertz CT molecular complexity index is 463. The van der Waals surface area contributed by atoms with Crippen molar-refractivity contribution in [1.29, 1.82) is 5.26 Å². The van der Waals surface area contributed by atoms with E-state index in [0.717, 1.165) is 22.0 Å². The van der Waals surface area contributed by atoms with E-state index in [4.69, 9.17) is 10.00 Å². The third kappa shape index (κ3) is 3.31. The van der Waals surface area contributed by atoms with Gasteiger partial charge in [-0.25, -0.2) is 0 Å². The Hall–Kier alpha value is -1.34. The van der Waals surface area contributed by atoms with Gasteiger partial charge in [-0.1, -0.05) is 22.9 Å². The number of ether oxygens (including phenoxy) is 1. The van der Waals surface area contributed by atoms with Crippen LogP contribution in [0.1, 0.15) is 30.5 Å². The first kappa shape index (κ1) is 13.7. The van der Waals surface area contributed by atoms with E-state index in [1.54, 1.807) is 13.0 Å². The number of nitriles is 1. The summed E-state index contributed by atoms with van der Waals surface area (Å²) >= 11 is 3.44. The van der Waals surface area contributed by atoms with Crippen molar-refractivity contribution in [2.45, 2.75) is 26.7 Å². The third-order valence-electron chi connectivity index (χ3n) is 2.47. The van der Waals surface area contributed by atoms with Crippen LogP contribution in [0.25, 0.3) is 0 Å². The van der Waals surface area contributed by atoms with E-state index < -0.39 is 0 Å². The van der Waals surface area contributed by atoms with Crippen LogP contribution in [0.15, 0.2) is 16.6 Å². The molecule has 0 saturated carbocycles. The summed E-state index contributed by atoms with van der Waals surface area (Å²) in [6, 6.07) is 5.68. The maximum atomic E-state index is 11.5. The van der Waals surface area contributed by atoms with Gasteiger partial charge in [-0.2, -0.15) is 5.26 Å². The quantitative estimate of drug-likeness (QED) is 0.803. The van der Waals surface area contributed by atoms with Crippen LogP contribution >= 0.6 is 15.9 Å². The van der Waals surface area contributed by atoms with Gasteiger partial charge in [-0.3, -0.25) is 4.79 Å². The molecule has 0 unspecified atom stereocenters. The van der Waals surface area contributed by atoms with Crippen molar-refractivity contribution < 1.29 is 9.53 Å². The number of nitrogens with zero attached hydrogens (tertiary/aromatic N) is 1. The maximum Gasteiger partial charge on any atom is 0.310 e. The summed E-state index contributed by atoms with van der Waals surface area (Å²) in [7, 11) is 0. The van der Waals surface area contributed by atoms with Crippen molar-refractivity contribution >= 4 is 21.9 Å². The lowest BCUT2D eigenvalue weighted by atomic mass is 9.97. The van der Waals surface area contributed by atoms with Crippen molar-refractivity contribution in [3.63, 3.8) is 0 Å². The molecule has 1 rings (SSSR count). The Kier molecular flexibility index (Phi) is 5.17. The molecule has 0 radical (unpaired) electrons. The second-order valence-electron chi connectivity index (χ2n) is 3.50. The molecule has 0 aromatic heterocycles. The highest BCUT2D eigenvalue weighted by Crippen LogP contribution is 2.25. The molecule has 0 amide bonds. The van der Waals surface area contributed by atoms with Crippen LogP contribution < -0.4 is 0 Å². The first-order valence-electron chi connectivity index (χ1n) is 5.50. The van der Waals surface area contributed by atoms with E-state index in [-0.39, 0.29) is 12.4 Å². The minimum atomic E-state index is -0.295. The first-order chi connectivity index (χ1) is 8.13. The fraction of sp³-hybridized carbons (Fsp3) is 0.385. The Morgan fingerprint density at radius 3 is 2.65 bits per heavy atom. The average molecular weight is 296 g/mol. The molecular formula is C13H14BrNO2. The minimum Gasteiger partial charge on any atom is -0.466 e. The first-order valence-corrected chi connectivity index (χ1v) is 6.29. The number of halogens is 1. The highest BCUT2D eigenvalue weighted by molar-refractivity contribution is 9.10. The Balaban J connectivity index is 3.15. The Labute approximate surface area is 110 Å². The molecule has 0 aliphatic carbocycles. The number of carbonyl (C=O) groups excluding carboxylic acids is 1. The summed E-state index contributed by atoms with van der Waals surface area (Å²) in [5.74, 6) is -0.295. The molecular weight excluding hydrogens is 282 g/mol. The molecule has 0 aliphatic rings. The van der Waals surface area contributed by atoms with Crippen molar-refractivity contribution in [2.75, 3.05) is 6.61 Å². The maximum absolute atomic E-state index is 11.5. The van der Waals surface area contributed by atoms with Gasteiger partial charge in [-0.05, 0) is 36.6 Å². The topological polar surface area (TPSA) is 50.1 Å². The van der Waals surface area contributed by atoms with E-state index in [9.17, 15) is 4.79 Å². The van der Waals surface area contributed by atoms with Gasteiger partial charge >= 0.3 is 5.97 Å². The van der Waals surface area contributed by atoms with Gasteiger partial charge in [0, 0.05) is 4.47 Å². The molecule has 0 bridgehead atoms. The second-order valence-corrected chi connectivity index (χ2v) is 4.35. The fourth-order valence-electron chi connectivity index (χ4n) is 1.71. The largest absolute Gasteiger partial charge is 0.466 e. The molecule has 0 atom stereocenters. The number of benzene rings is 1. The number of hydrogen-bond donors (Lipinski definition) is 0. The average Bonchev–Trinajstić information content (AvgIpc) is 2.30.